The molecule has 0 radical (unpaired) electrons. The van der Waals surface area contributed by atoms with Crippen LogP contribution in [0.1, 0.15) is 29.9 Å². The first kappa shape index (κ1) is 22.3. The summed E-state index contributed by atoms with van der Waals surface area (Å²) in [6.45, 7) is 4.32. The van der Waals surface area contributed by atoms with Crippen molar-refractivity contribution in [3.63, 3.8) is 0 Å². The number of methoxy groups -OCH3 is 1. The minimum absolute atomic E-state index is 0.0949. The van der Waals surface area contributed by atoms with Crippen LogP contribution >= 0.6 is 11.6 Å². The number of aromatic nitrogens is 3. The highest BCUT2D eigenvalue weighted by Crippen LogP contribution is 2.16. The van der Waals surface area contributed by atoms with E-state index in [4.69, 9.17) is 16.3 Å². The molecule has 0 fully saturated rings. The lowest BCUT2D eigenvalue weighted by atomic mass is 10.2. The summed E-state index contributed by atoms with van der Waals surface area (Å²) >= 11 is 6.24. The summed E-state index contributed by atoms with van der Waals surface area (Å²) in [5.74, 6) is -0.0359. The van der Waals surface area contributed by atoms with Crippen molar-refractivity contribution in [3.05, 3.63) is 85.6 Å². The molecule has 3 rings (SSSR count). The zero-order chi connectivity index (χ0) is 22.5. The van der Waals surface area contributed by atoms with E-state index >= 15 is 0 Å². The molecule has 1 amide bonds. The average Bonchev–Trinajstić information content (AvgIpc) is 2.78. The van der Waals surface area contributed by atoms with Crippen molar-refractivity contribution in [1.29, 1.82) is 0 Å². The van der Waals surface area contributed by atoms with Gasteiger partial charge >= 0.3 is 5.69 Å². The third-order valence-corrected chi connectivity index (χ3v) is 5.27. The molecule has 0 N–H and O–H groups in total. The molecule has 0 saturated heterocycles. The summed E-state index contributed by atoms with van der Waals surface area (Å²) in [7, 11) is 1.50. The van der Waals surface area contributed by atoms with Crippen molar-refractivity contribution < 1.29 is 9.53 Å². The Morgan fingerprint density at radius 1 is 1.10 bits per heavy atom. The fourth-order valence-corrected chi connectivity index (χ4v) is 3.35. The molecule has 1 heterocycles. The zero-order valence-electron chi connectivity index (χ0n) is 17.5. The van der Waals surface area contributed by atoms with Gasteiger partial charge in [-0.1, -0.05) is 35.9 Å². The summed E-state index contributed by atoms with van der Waals surface area (Å²) in [6, 6.07) is 13.6. The van der Waals surface area contributed by atoms with E-state index in [9.17, 15) is 14.4 Å². The van der Waals surface area contributed by atoms with E-state index in [2.05, 4.69) is 5.10 Å². The molecule has 0 aliphatic carbocycles. The van der Waals surface area contributed by atoms with E-state index in [0.29, 0.717) is 35.1 Å². The summed E-state index contributed by atoms with van der Waals surface area (Å²) in [5, 5.41) is 4.56. The second kappa shape index (κ2) is 9.61. The SMILES string of the molecule is CCN(CC)C(=O)c1nn(-c2cccc(OC)c2)c(=O)n(Cc2ccccc2Cl)c1=O. The smallest absolute Gasteiger partial charge is 0.352 e. The first-order chi connectivity index (χ1) is 14.9. The van der Waals surface area contributed by atoms with E-state index in [1.165, 1.54) is 12.0 Å². The lowest BCUT2D eigenvalue weighted by Gasteiger charge is -2.19. The summed E-state index contributed by atoms with van der Waals surface area (Å²) in [6.07, 6.45) is 0. The van der Waals surface area contributed by atoms with Gasteiger partial charge in [-0.15, -0.1) is 0 Å². The van der Waals surface area contributed by atoms with Crippen LogP contribution in [0, 0.1) is 0 Å². The Labute approximate surface area is 184 Å². The number of carbonyl (C=O) groups excluding carboxylic acids is 1. The van der Waals surface area contributed by atoms with Gasteiger partial charge in [0, 0.05) is 24.2 Å². The minimum atomic E-state index is -0.763. The third kappa shape index (κ3) is 4.54. The first-order valence-electron chi connectivity index (χ1n) is 9.82. The van der Waals surface area contributed by atoms with E-state index in [1.54, 1.807) is 48.5 Å². The molecule has 0 saturated carbocycles. The number of ether oxygens (including phenoxy) is 1. The highest BCUT2D eigenvalue weighted by atomic mass is 35.5. The van der Waals surface area contributed by atoms with Crippen LogP contribution in [-0.2, 0) is 6.54 Å². The Morgan fingerprint density at radius 3 is 2.45 bits per heavy atom. The number of benzene rings is 2. The molecule has 1 aromatic heterocycles. The predicted molar refractivity (Wildman–Crippen MR) is 118 cm³/mol. The Bertz CT molecular complexity index is 1210. The van der Waals surface area contributed by atoms with E-state index in [1.807, 2.05) is 13.8 Å². The van der Waals surface area contributed by atoms with Gasteiger partial charge in [0.1, 0.15) is 5.75 Å². The molecule has 0 atom stereocenters. The van der Waals surface area contributed by atoms with Crippen LogP contribution < -0.4 is 16.0 Å². The van der Waals surface area contributed by atoms with Gasteiger partial charge in [0.25, 0.3) is 11.5 Å². The molecule has 0 bridgehead atoms. The normalized spacial score (nSPS) is 10.7. The second-order valence-corrected chi connectivity index (χ2v) is 7.11. The van der Waals surface area contributed by atoms with Crippen LogP contribution in [-0.4, -0.2) is 45.4 Å². The van der Waals surface area contributed by atoms with E-state index in [0.717, 1.165) is 9.25 Å². The topological polar surface area (TPSA) is 86.4 Å². The number of carbonyl (C=O) groups is 1. The Morgan fingerprint density at radius 2 is 1.81 bits per heavy atom. The largest absolute Gasteiger partial charge is 0.497 e. The van der Waals surface area contributed by atoms with Crippen molar-refractivity contribution in [2.45, 2.75) is 20.4 Å². The predicted octanol–water partition coefficient (Wildman–Crippen LogP) is 2.59. The number of amides is 1. The van der Waals surface area contributed by atoms with Gasteiger partial charge in [0.2, 0.25) is 5.69 Å². The maximum absolute atomic E-state index is 13.2. The molecular formula is C22H23ClN4O4. The maximum Gasteiger partial charge on any atom is 0.352 e. The van der Waals surface area contributed by atoms with Gasteiger partial charge in [0.15, 0.2) is 0 Å². The molecule has 8 nitrogen and oxygen atoms in total. The summed E-state index contributed by atoms with van der Waals surface area (Å²) in [4.78, 5) is 40.9. The second-order valence-electron chi connectivity index (χ2n) is 6.70. The molecule has 162 valence electrons. The fraction of sp³-hybridized carbons (Fsp3) is 0.273. The highest BCUT2D eigenvalue weighted by molar-refractivity contribution is 6.31. The van der Waals surface area contributed by atoms with Crippen molar-refractivity contribution in [2.24, 2.45) is 0 Å². The number of rotatable bonds is 7. The van der Waals surface area contributed by atoms with Crippen LogP contribution in [0.2, 0.25) is 5.02 Å². The van der Waals surface area contributed by atoms with Crippen LogP contribution in [0.3, 0.4) is 0 Å². The molecule has 0 unspecified atom stereocenters. The van der Waals surface area contributed by atoms with Crippen molar-refractivity contribution in [3.8, 4) is 11.4 Å². The van der Waals surface area contributed by atoms with E-state index in [-0.39, 0.29) is 12.2 Å². The number of hydrogen-bond donors (Lipinski definition) is 0. The van der Waals surface area contributed by atoms with Crippen molar-refractivity contribution in [2.75, 3.05) is 20.2 Å². The fourth-order valence-electron chi connectivity index (χ4n) is 3.16. The monoisotopic (exact) mass is 442 g/mol. The average molecular weight is 443 g/mol. The standard InChI is InChI=1S/C22H23ClN4O4/c1-4-25(5-2)20(28)19-21(29)26(14-15-9-6-7-12-18(15)23)22(30)27(24-19)16-10-8-11-17(13-16)31-3/h6-13H,4-5,14H2,1-3H3. The lowest BCUT2D eigenvalue weighted by molar-refractivity contribution is 0.0761. The van der Waals surface area contributed by atoms with Crippen LogP contribution in [0.25, 0.3) is 5.69 Å². The number of nitrogens with zero attached hydrogens (tertiary/aromatic N) is 4. The van der Waals surface area contributed by atoms with Crippen LogP contribution in [0.5, 0.6) is 5.75 Å². The molecule has 2 aromatic carbocycles. The number of hydrogen-bond acceptors (Lipinski definition) is 5. The summed E-state index contributed by atoms with van der Waals surface area (Å²) < 4.78 is 7.24. The molecule has 0 spiro atoms. The maximum atomic E-state index is 13.2. The van der Waals surface area contributed by atoms with Gasteiger partial charge in [0.05, 0.1) is 19.3 Å². The molecular weight excluding hydrogens is 420 g/mol. The lowest BCUT2D eigenvalue weighted by Crippen LogP contribution is -2.46. The molecule has 31 heavy (non-hydrogen) atoms. The van der Waals surface area contributed by atoms with Crippen molar-refractivity contribution in [1.82, 2.24) is 19.2 Å². The van der Waals surface area contributed by atoms with Gasteiger partial charge in [-0.05, 0) is 37.6 Å². The molecule has 9 heteroatoms. The molecule has 0 aliphatic heterocycles. The quantitative estimate of drug-likeness (QED) is 0.561. The molecule has 0 aliphatic rings. The highest BCUT2D eigenvalue weighted by Gasteiger charge is 2.24. The van der Waals surface area contributed by atoms with Gasteiger partial charge in [-0.2, -0.15) is 9.78 Å². The van der Waals surface area contributed by atoms with E-state index < -0.39 is 17.2 Å². The zero-order valence-corrected chi connectivity index (χ0v) is 18.3. The Kier molecular flexibility index (Phi) is 6.91. The third-order valence-electron chi connectivity index (χ3n) is 4.90. The van der Waals surface area contributed by atoms with Gasteiger partial charge < -0.3 is 9.64 Å². The minimum Gasteiger partial charge on any atom is -0.497 e. The van der Waals surface area contributed by atoms with Crippen LogP contribution in [0.15, 0.2) is 58.1 Å². The van der Waals surface area contributed by atoms with Gasteiger partial charge in [-0.3, -0.25) is 14.2 Å². The Balaban J connectivity index is 2.27. The van der Waals surface area contributed by atoms with Crippen molar-refractivity contribution >= 4 is 17.5 Å². The van der Waals surface area contributed by atoms with Crippen LogP contribution in [0.4, 0.5) is 0 Å². The Hall–Kier alpha value is -3.39. The van der Waals surface area contributed by atoms with Gasteiger partial charge in [-0.25, -0.2) is 4.79 Å². The summed E-state index contributed by atoms with van der Waals surface area (Å²) in [5.41, 5.74) is -0.840. The number of halogens is 1. The molecule has 3 aromatic rings. The first-order valence-corrected chi connectivity index (χ1v) is 10.2.